The molecule has 514 valence electrons. The van der Waals surface area contributed by atoms with E-state index in [2.05, 4.69) is 74.6 Å². The minimum atomic E-state index is -1.51. The van der Waals surface area contributed by atoms with Gasteiger partial charge >= 0.3 is 17.9 Å². The summed E-state index contributed by atoms with van der Waals surface area (Å²) in [4.78, 5) is 37.7. The predicted molar refractivity (Wildman–Crippen MR) is 378 cm³/mol. The number of carboxylic acids is 1. The second kappa shape index (κ2) is 69.9. The summed E-state index contributed by atoms with van der Waals surface area (Å²) < 4.78 is 23.0. The molecule has 0 aliphatic carbocycles. The Morgan fingerprint density at radius 3 is 0.966 bits per heavy atom. The number of rotatable bonds is 71. The van der Waals surface area contributed by atoms with E-state index in [0.29, 0.717) is 17.4 Å². The van der Waals surface area contributed by atoms with Crippen molar-refractivity contribution in [3.8, 4) is 0 Å². The molecule has 0 heterocycles. The lowest BCUT2D eigenvalue weighted by molar-refractivity contribution is -0.870. The van der Waals surface area contributed by atoms with Gasteiger partial charge < -0.3 is 28.5 Å². The molecule has 0 aromatic rings. The van der Waals surface area contributed by atoms with Crippen LogP contribution in [0.2, 0.25) is 0 Å². The van der Waals surface area contributed by atoms with Crippen LogP contribution in [0, 0.1) is 0 Å². The molecule has 0 aromatic heterocycles. The van der Waals surface area contributed by atoms with Gasteiger partial charge in [-0.05, 0) is 57.8 Å². The topological polar surface area (TPSA) is 108 Å². The molecule has 2 atom stereocenters. The van der Waals surface area contributed by atoms with E-state index in [1.807, 2.05) is 21.1 Å². The van der Waals surface area contributed by atoms with Crippen LogP contribution in [0.1, 0.15) is 367 Å². The fourth-order valence-electron chi connectivity index (χ4n) is 11.3. The van der Waals surface area contributed by atoms with Crippen LogP contribution >= 0.6 is 0 Å². The van der Waals surface area contributed by atoms with Crippen LogP contribution in [0.4, 0.5) is 0 Å². The van der Waals surface area contributed by atoms with Gasteiger partial charge in [0.15, 0.2) is 6.10 Å². The highest BCUT2D eigenvalue weighted by Crippen LogP contribution is 2.19. The number of likely N-dealkylation sites (N-methyl/N-ethyl adjacent to an activating group) is 1. The zero-order valence-corrected chi connectivity index (χ0v) is 58.9. The zero-order valence-electron chi connectivity index (χ0n) is 58.9. The highest BCUT2D eigenvalue weighted by molar-refractivity contribution is 5.71. The van der Waals surface area contributed by atoms with Gasteiger partial charge in [-0.15, -0.1) is 0 Å². The van der Waals surface area contributed by atoms with Crippen LogP contribution in [-0.2, 0) is 33.3 Å². The number of carbonyl (C=O) groups is 3. The molecule has 9 heteroatoms. The van der Waals surface area contributed by atoms with Crippen molar-refractivity contribution in [1.29, 1.82) is 0 Å². The van der Waals surface area contributed by atoms with Gasteiger partial charge in [0.05, 0.1) is 34.4 Å². The first-order valence-corrected chi connectivity index (χ1v) is 38.0. The normalized spacial score (nSPS) is 13.0. The Hall–Kier alpha value is -3.01. The molecule has 0 aliphatic heterocycles. The molecule has 88 heavy (non-hydrogen) atoms. The summed E-state index contributed by atoms with van der Waals surface area (Å²) in [6.07, 6.45) is 89.3. The van der Waals surface area contributed by atoms with Gasteiger partial charge in [0, 0.05) is 12.8 Å². The molecule has 2 unspecified atom stereocenters. The summed E-state index contributed by atoms with van der Waals surface area (Å²) in [5.74, 6) is -1.98. The van der Waals surface area contributed by atoms with Gasteiger partial charge in [-0.1, -0.05) is 357 Å². The number of hydrogen-bond donors (Lipinski definition) is 1. The first-order chi connectivity index (χ1) is 43.1. The number of aliphatic carboxylic acids is 1. The molecule has 0 aliphatic rings. The molecule has 9 nitrogen and oxygen atoms in total. The summed E-state index contributed by atoms with van der Waals surface area (Å²) in [5.41, 5.74) is 0. The van der Waals surface area contributed by atoms with Gasteiger partial charge in [-0.2, -0.15) is 0 Å². The van der Waals surface area contributed by atoms with E-state index >= 15 is 0 Å². The molecule has 0 saturated carbocycles. The van der Waals surface area contributed by atoms with Crippen LogP contribution in [0.5, 0.6) is 0 Å². The fourth-order valence-corrected chi connectivity index (χ4v) is 11.3. The molecule has 0 rings (SSSR count). The maximum atomic E-state index is 13.0. The molecule has 0 amide bonds. The monoisotopic (exact) mass is 1240 g/mol. The lowest BCUT2D eigenvalue weighted by Crippen LogP contribution is -2.40. The van der Waals surface area contributed by atoms with Gasteiger partial charge in [0.25, 0.3) is 6.29 Å². The standard InChI is InChI=1S/C79H145NO8/c1-6-8-10-12-14-16-18-20-22-24-26-28-30-32-34-36-38-40-41-43-45-47-49-51-53-55-57-59-61-63-65-67-69-76(81)86-73-75(74-87-79(78(83)84)85-72-71-80(3,4)5)88-77(82)70-68-66-64-62-60-58-56-54-52-50-48-46-44-42-39-37-35-33-31-29-27-25-23-21-19-17-15-13-11-9-7-2/h9,11,15,17,21,23,27,29,33,35,75,79H,6-8,10,12-14,16,18-20,22,24-26,28,30-32,34,36-74H2,1-5H3/p+1/b11-9-,17-15-,23-21-,29-27-,35-33-. The van der Waals surface area contributed by atoms with E-state index in [-0.39, 0.29) is 38.2 Å². The van der Waals surface area contributed by atoms with Crippen molar-refractivity contribution in [2.24, 2.45) is 0 Å². The van der Waals surface area contributed by atoms with Crippen LogP contribution in [0.3, 0.4) is 0 Å². The van der Waals surface area contributed by atoms with Crippen LogP contribution < -0.4 is 0 Å². The number of quaternary nitrogens is 1. The zero-order chi connectivity index (χ0) is 64.0. The smallest absolute Gasteiger partial charge is 0.361 e. The summed E-state index contributed by atoms with van der Waals surface area (Å²) in [6, 6.07) is 0. The third kappa shape index (κ3) is 70.4. The number of esters is 2. The molecular formula is C79H146NO8+. The number of hydrogen-bond acceptors (Lipinski definition) is 7. The van der Waals surface area contributed by atoms with E-state index in [9.17, 15) is 19.5 Å². The lowest BCUT2D eigenvalue weighted by atomic mass is 10.0. The predicted octanol–water partition coefficient (Wildman–Crippen LogP) is 23.9. The Morgan fingerprint density at radius 2 is 0.648 bits per heavy atom. The number of nitrogens with zero attached hydrogens (tertiary/aromatic N) is 1. The van der Waals surface area contributed by atoms with Crippen molar-refractivity contribution < 1.29 is 42.9 Å². The highest BCUT2D eigenvalue weighted by Gasteiger charge is 2.25. The second-order valence-corrected chi connectivity index (χ2v) is 26.9. The molecular weight excluding hydrogens is 1090 g/mol. The average Bonchev–Trinajstić information content (AvgIpc) is 3.50. The number of ether oxygens (including phenoxy) is 4. The van der Waals surface area contributed by atoms with E-state index in [1.165, 1.54) is 270 Å². The van der Waals surface area contributed by atoms with E-state index in [1.54, 1.807) is 0 Å². The average molecular weight is 1240 g/mol. The van der Waals surface area contributed by atoms with E-state index in [4.69, 9.17) is 18.9 Å². The molecule has 0 fully saturated rings. The Balaban J connectivity index is 4.02. The summed E-state index contributed by atoms with van der Waals surface area (Å²) >= 11 is 0. The van der Waals surface area contributed by atoms with E-state index in [0.717, 1.165) is 70.6 Å². The molecule has 0 aromatic carbocycles. The second-order valence-electron chi connectivity index (χ2n) is 26.9. The van der Waals surface area contributed by atoms with Crippen molar-refractivity contribution in [2.75, 3.05) is 47.5 Å². The molecule has 0 radical (unpaired) electrons. The first-order valence-electron chi connectivity index (χ1n) is 38.0. The maximum Gasteiger partial charge on any atom is 0.361 e. The Morgan fingerprint density at radius 1 is 0.352 bits per heavy atom. The minimum Gasteiger partial charge on any atom is -0.477 e. The van der Waals surface area contributed by atoms with Crippen molar-refractivity contribution in [2.45, 2.75) is 379 Å². The third-order valence-corrected chi connectivity index (χ3v) is 17.0. The maximum absolute atomic E-state index is 13.0. The van der Waals surface area contributed by atoms with Crippen molar-refractivity contribution in [3.05, 3.63) is 60.8 Å². The number of allylic oxidation sites excluding steroid dienone is 10. The number of carboxylic acid groups (broad SMARTS) is 1. The fraction of sp³-hybridized carbons (Fsp3) is 0.835. The molecule has 0 bridgehead atoms. The quantitative estimate of drug-likeness (QED) is 0.0211. The number of carbonyl (C=O) groups excluding carboxylic acids is 2. The summed E-state index contributed by atoms with van der Waals surface area (Å²) in [7, 11) is 5.99. The Bertz CT molecular complexity index is 1630. The Kier molecular flexibility index (Phi) is 67.5. The van der Waals surface area contributed by atoms with Gasteiger partial charge in [-0.25, -0.2) is 4.79 Å². The third-order valence-electron chi connectivity index (χ3n) is 17.0. The molecule has 1 N–H and O–H groups in total. The lowest BCUT2D eigenvalue weighted by Gasteiger charge is -2.25. The largest absolute Gasteiger partial charge is 0.477 e. The van der Waals surface area contributed by atoms with Crippen molar-refractivity contribution >= 4 is 17.9 Å². The number of unbranched alkanes of at least 4 members (excludes halogenated alkanes) is 46. The highest BCUT2D eigenvalue weighted by atomic mass is 16.7. The van der Waals surface area contributed by atoms with Crippen LogP contribution in [0.15, 0.2) is 60.8 Å². The van der Waals surface area contributed by atoms with Crippen LogP contribution in [-0.4, -0.2) is 87.4 Å². The van der Waals surface area contributed by atoms with E-state index < -0.39 is 18.4 Å². The first kappa shape index (κ1) is 85.0. The van der Waals surface area contributed by atoms with Gasteiger partial charge in [0.1, 0.15) is 13.2 Å². The summed E-state index contributed by atoms with van der Waals surface area (Å²) in [6.45, 7) is 4.83. The van der Waals surface area contributed by atoms with Crippen molar-refractivity contribution in [1.82, 2.24) is 0 Å². The van der Waals surface area contributed by atoms with Gasteiger partial charge in [0.2, 0.25) is 0 Å². The van der Waals surface area contributed by atoms with Gasteiger partial charge in [-0.3, -0.25) is 9.59 Å². The summed E-state index contributed by atoms with van der Waals surface area (Å²) in [5, 5.41) is 9.76. The minimum absolute atomic E-state index is 0.178. The van der Waals surface area contributed by atoms with Crippen molar-refractivity contribution in [3.63, 3.8) is 0 Å². The molecule has 0 saturated heterocycles. The van der Waals surface area contributed by atoms with Crippen LogP contribution in [0.25, 0.3) is 0 Å². The molecule has 0 spiro atoms. The Labute approximate surface area is 545 Å². The SMILES string of the molecule is CC/C=C\C/C=C\C/C=C\C/C=C\C/C=C\CCCCCCCCCCCCCCCCCC(=O)OC(COC(=O)CCCCCCCCCCCCCCCCCCCCCCCCCCCCCCCCCC)COC(OCC[N+](C)(C)C)C(=O)O.